The normalized spacial score (nSPS) is 12.3. The van der Waals surface area contributed by atoms with Crippen molar-refractivity contribution in [3.8, 4) is 0 Å². The Hall–Kier alpha value is -0.480. The van der Waals surface area contributed by atoms with Gasteiger partial charge in [-0.2, -0.15) is 5.10 Å². The molecular weight excluding hydrogens is 313 g/mol. The van der Waals surface area contributed by atoms with Crippen LogP contribution in [-0.2, 0) is 17.1 Å². The van der Waals surface area contributed by atoms with E-state index in [1.54, 1.807) is 4.72 Å². The zero-order chi connectivity index (χ0) is 13.3. The molecule has 1 aromatic heterocycles. The van der Waals surface area contributed by atoms with Crippen molar-refractivity contribution in [1.82, 2.24) is 14.5 Å². The summed E-state index contributed by atoms with van der Waals surface area (Å²) in [6.07, 6.45) is 1.11. The summed E-state index contributed by atoms with van der Waals surface area (Å²) in [6, 6.07) is 0. The second-order valence-corrected chi connectivity index (χ2v) is 5.40. The standard InChI is InChI=1S/C7H11ClF2N4O2S.ClH/c1-14-6(5(8)2-12-14)17(15,16)13-4-7(9,10)3-11;/h2,13H,3-4,11H2,1H3;1H. The van der Waals surface area contributed by atoms with Gasteiger partial charge in [0.2, 0.25) is 0 Å². The molecule has 0 aromatic carbocycles. The Labute approximate surface area is 114 Å². The first-order valence-corrected chi connectivity index (χ1v) is 6.31. The van der Waals surface area contributed by atoms with Crippen molar-refractivity contribution in [2.75, 3.05) is 13.1 Å². The van der Waals surface area contributed by atoms with E-state index in [1.165, 1.54) is 7.05 Å². The van der Waals surface area contributed by atoms with Crippen molar-refractivity contribution in [1.29, 1.82) is 0 Å². The molecule has 1 heterocycles. The number of hydrogen-bond acceptors (Lipinski definition) is 4. The summed E-state index contributed by atoms with van der Waals surface area (Å²) in [5, 5.41) is 3.09. The van der Waals surface area contributed by atoms with Gasteiger partial charge in [0.15, 0.2) is 5.03 Å². The third kappa shape index (κ3) is 4.02. The molecule has 0 radical (unpaired) electrons. The number of nitrogens with two attached hydrogens (primary N) is 1. The van der Waals surface area contributed by atoms with Gasteiger partial charge in [-0.15, -0.1) is 12.4 Å². The van der Waals surface area contributed by atoms with Crippen LogP contribution in [0.25, 0.3) is 0 Å². The first kappa shape index (κ1) is 17.5. The van der Waals surface area contributed by atoms with Crippen LogP contribution in [0.4, 0.5) is 8.78 Å². The van der Waals surface area contributed by atoms with Gasteiger partial charge in [0.1, 0.15) is 0 Å². The first-order valence-electron chi connectivity index (χ1n) is 4.45. The SMILES string of the molecule is Cl.Cn1ncc(Cl)c1S(=O)(=O)NCC(F)(F)CN. The maximum Gasteiger partial charge on any atom is 0.273 e. The molecule has 106 valence electrons. The molecule has 18 heavy (non-hydrogen) atoms. The molecule has 0 saturated carbocycles. The summed E-state index contributed by atoms with van der Waals surface area (Å²) in [5.41, 5.74) is 4.79. The number of sulfonamides is 1. The third-order valence-corrected chi connectivity index (χ3v) is 3.82. The van der Waals surface area contributed by atoms with Crippen molar-refractivity contribution >= 4 is 34.0 Å². The van der Waals surface area contributed by atoms with Crippen molar-refractivity contribution in [2.45, 2.75) is 10.9 Å². The van der Waals surface area contributed by atoms with Gasteiger partial charge in [-0.3, -0.25) is 4.68 Å². The number of alkyl halides is 2. The molecule has 0 fully saturated rings. The Morgan fingerprint density at radius 2 is 2.17 bits per heavy atom. The van der Waals surface area contributed by atoms with Gasteiger partial charge < -0.3 is 5.73 Å². The Morgan fingerprint density at radius 3 is 2.56 bits per heavy atom. The van der Waals surface area contributed by atoms with E-state index in [9.17, 15) is 17.2 Å². The van der Waals surface area contributed by atoms with Gasteiger partial charge in [-0.25, -0.2) is 21.9 Å². The van der Waals surface area contributed by atoms with E-state index in [-0.39, 0.29) is 22.5 Å². The minimum atomic E-state index is -4.14. The molecule has 3 N–H and O–H groups in total. The van der Waals surface area contributed by atoms with Crippen LogP contribution in [0.15, 0.2) is 11.2 Å². The van der Waals surface area contributed by atoms with Crippen LogP contribution < -0.4 is 10.5 Å². The molecule has 0 bridgehead atoms. The van der Waals surface area contributed by atoms with Gasteiger partial charge in [0.05, 0.1) is 24.3 Å². The van der Waals surface area contributed by atoms with Crippen LogP contribution in [0.1, 0.15) is 0 Å². The smallest absolute Gasteiger partial charge is 0.273 e. The summed E-state index contributed by atoms with van der Waals surface area (Å²) >= 11 is 5.60. The molecule has 1 rings (SSSR count). The van der Waals surface area contributed by atoms with Gasteiger partial charge >= 0.3 is 0 Å². The lowest BCUT2D eigenvalue weighted by Crippen LogP contribution is -2.41. The summed E-state index contributed by atoms with van der Waals surface area (Å²) in [4.78, 5) is 0. The zero-order valence-corrected chi connectivity index (χ0v) is 11.6. The lowest BCUT2D eigenvalue weighted by molar-refractivity contribution is 0.0170. The van der Waals surface area contributed by atoms with Crippen LogP contribution in [0.3, 0.4) is 0 Å². The Bertz CT molecular complexity index is 486. The average Bonchev–Trinajstić information content (AvgIpc) is 2.57. The maximum absolute atomic E-state index is 12.8. The fourth-order valence-electron chi connectivity index (χ4n) is 1.04. The number of hydrogen-bond donors (Lipinski definition) is 2. The molecule has 0 aliphatic carbocycles. The summed E-state index contributed by atoms with van der Waals surface area (Å²) < 4.78 is 51.7. The van der Waals surface area contributed by atoms with E-state index in [2.05, 4.69) is 5.10 Å². The van der Waals surface area contributed by atoms with E-state index in [0.717, 1.165) is 10.9 Å². The predicted molar refractivity (Wildman–Crippen MR) is 64.7 cm³/mol. The molecule has 0 unspecified atom stereocenters. The average molecular weight is 325 g/mol. The third-order valence-electron chi connectivity index (χ3n) is 1.92. The summed E-state index contributed by atoms with van der Waals surface area (Å²) in [6.45, 7) is -2.04. The second-order valence-electron chi connectivity index (χ2n) is 3.31. The molecule has 1 aromatic rings. The van der Waals surface area contributed by atoms with Gasteiger partial charge in [-0.05, 0) is 0 Å². The molecule has 0 saturated heterocycles. The largest absolute Gasteiger partial charge is 0.325 e. The van der Waals surface area contributed by atoms with Crippen molar-refractivity contribution in [3.05, 3.63) is 11.2 Å². The number of rotatable bonds is 5. The molecule has 0 amide bonds. The van der Waals surface area contributed by atoms with Gasteiger partial charge in [0.25, 0.3) is 15.9 Å². The predicted octanol–water partition coefficient (Wildman–Crippen LogP) is 0.368. The van der Waals surface area contributed by atoms with E-state index < -0.39 is 29.0 Å². The van der Waals surface area contributed by atoms with Crippen molar-refractivity contribution in [3.63, 3.8) is 0 Å². The lowest BCUT2D eigenvalue weighted by Gasteiger charge is -2.14. The fraction of sp³-hybridized carbons (Fsp3) is 0.571. The van der Waals surface area contributed by atoms with E-state index in [1.807, 2.05) is 0 Å². The minimum Gasteiger partial charge on any atom is -0.325 e. The highest BCUT2D eigenvalue weighted by molar-refractivity contribution is 7.89. The highest BCUT2D eigenvalue weighted by atomic mass is 35.5. The van der Waals surface area contributed by atoms with Crippen LogP contribution in [-0.4, -0.2) is 37.2 Å². The van der Waals surface area contributed by atoms with Gasteiger partial charge in [0, 0.05) is 7.05 Å². The minimum absolute atomic E-state index is 0. The van der Waals surface area contributed by atoms with E-state index in [0.29, 0.717) is 0 Å². The quantitative estimate of drug-likeness (QED) is 0.818. The van der Waals surface area contributed by atoms with Crippen molar-refractivity contribution < 1.29 is 17.2 Å². The van der Waals surface area contributed by atoms with Crippen LogP contribution in [0.5, 0.6) is 0 Å². The van der Waals surface area contributed by atoms with Crippen LogP contribution >= 0.6 is 24.0 Å². The first-order chi connectivity index (χ1) is 7.69. The second kappa shape index (κ2) is 6.11. The fourth-order valence-corrected chi connectivity index (χ4v) is 2.76. The Balaban J connectivity index is 0.00000289. The van der Waals surface area contributed by atoms with Crippen LogP contribution in [0.2, 0.25) is 5.02 Å². The van der Waals surface area contributed by atoms with Crippen LogP contribution in [0, 0.1) is 0 Å². The number of aryl methyl sites for hydroxylation is 1. The molecule has 11 heteroatoms. The summed E-state index contributed by atoms with van der Waals surface area (Å²) in [7, 11) is -2.80. The number of halogens is 4. The molecule has 0 aliphatic heterocycles. The Kier molecular flexibility index (Phi) is 5.95. The Morgan fingerprint density at radius 1 is 1.61 bits per heavy atom. The van der Waals surface area contributed by atoms with E-state index >= 15 is 0 Å². The number of aromatic nitrogens is 2. The maximum atomic E-state index is 12.8. The molecule has 0 aliphatic rings. The molecule has 6 nitrogen and oxygen atoms in total. The lowest BCUT2D eigenvalue weighted by atomic mass is 10.3. The highest BCUT2D eigenvalue weighted by Crippen LogP contribution is 2.20. The highest BCUT2D eigenvalue weighted by Gasteiger charge is 2.31. The van der Waals surface area contributed by atoms with Gasteiger partial charge in [-0.1, -0.05) is 11.6 Å². The van der Waals surface area contributed by atoms with E-state index in [4.69, 9.17) is 17.3 Å². The molecular formula is C7H12Cl2F2N4O2S. The molecule has 0 atom stereocenters. The van der Waals surface area contributed by atoms with Crippen molar-refractivity contribution in [2.24, 2.45) is 12.8 Å². The number of nitrogens with zero attached hydrogens (tertiary/aromatic N) is 2. The topological polar surface area (TPSA) is 90.0 Å². The number of nitrogens with one attached hydrogen (secondary N) is 1. The monoisotopic (exact) mass is 324 g/mol. The molecule has 0 spiro atoms. The summed E-state index contributed by atoms with van der Waals surface area (Å²) in [5.74, 6) is -3.31. The zero-order valence-electron chi connectivity index (χ0n) is 9.23.